The zero-order valence-corrected chi connectivity index (χ0v) is 14.9. The Morgan fingerprint density at radius 1 is 1.04 bits per heavy atom. The van der Waals surface area contributed by atoms with Gasteiger partial charge in [0.05, 0.1) is 31.6 Å². The Morgan fingerprint density at radius 2 is 1.89 bits per heavy atom. The summed E-state index contributed by atoms with van der Waals surface area (Å²) in [5.74, 6) is 1.59. The van der Waals surface area contributed by atoms with E-state index >= 15 is 0 Å². The van der Waals surface area contributed by atoms with Crippen molar-refractivity contribution in [3.8, 4) is 11.5 Å². The van der Waals surface area contributed by atoms with Crippen LogP contribution in [0, 0.1) is 0 Å². The molecule has 0 aliphatic carbocycles. The van der Waals surface area contributed by atoms with Gasteiger partial charge in [-0.3, -0.25) is 9.79 Å². The number of carbonyl (C=O) groups is 1. The van der Waals surface area contributed by atoms with Crippen LogP contribution in [-0.2, 0) is 17.9 Å². The van der Waals surface area contributed by atoms with Gasteiger partial charge in [-0.25, -0.2) is 4.98 Å². The summed E-state index contributed by atoms with van der Waals surface area (Å²) in [6.07, 6.45) is 3.16. The van der Waals surface area contributed by atoms with E-state index < -0.39 is 0 Å². The van der Waals surface area contributed by atoms with Crippen LogP contribution >= 0.6 is 0 Å². The highest BCUT2D eigenvalue weighted by Gasteiger charge is 2.08. The average Bonchev–Trinajstić information content (AvgIpc) is 3.39. The van der Waals surface area contributed by atoms with Crippen molar-refractivity contribution in [1.82, 2.24) is 20.9 Å². The van der Waals surface area contributed by atoms with E-state index in [-0.39, 0.29) is 12.5 Å². The molecule has 3 N–H and O–H groups in total. The van der Waals surface area contributed by atoms with Crippen LogP contribution in [0.5, 0.6) is 0 Å². The van der Waals surface area contributed by atoms with Gasteiger partial charge in [-0.15, -0.1) is 0 Å². The molecular weight excluding hydrogens is 346 g/mol. The van der Waals surface area contributed by atoms with Crippen molar-refractivity contribution < 1.29 is 13.6 Å². The summed E-state index contributed by atoms with van der Waals surface area (Å²) in [6.45, 7) is 0.860. The SMILES string of the molecule is CN=C(NCC(=O)NCc1ccco1)NCc1coc(-c2ccccc2)n1. The van der Waals surface area contributed by atoms with Crippen molar-refractivity contribution in [1.29, 1.82) is 0 Å². The molecule has 0 saturated carbocycles. The van der Waals surface area contributed by atoms with E-state index in [1.807, 2.05) is 30.3 Å². The van der Waals surface area contributed by atoms with Gasteiger partial charge in [0.15, 0.2) is 5.96 Å². The van der Waals surface area contributed by atoms with Crippen LogP contribution in [0.4, 0.5) is 0 Å². The Kier molecular flexibility index (Phi) is 6.24. The first-order valence-electron chi connectivity index (χ1n) is 8.48. The van der Waals surface area contributed by atoms with Crippen LogP contribution in [0.3, 0.4) is 0 Å². The number of aliphatic imine (C=N–C) groups is 1. The number of aromatic nitrogens is 1. The minimum atomic E-state index is -0.165. The second-order valence-electron chi connectivity index (χ2n) is 5.65. The number of hydrogen-bond donors (Lipinski definition) is 3. The van der Waals surface area contributed by atoms with Gasteiger partial charge in [0, 0.05) is 12.6 Å². The van der Waals surface area contributed by atoms with E-state index in [1.165, 1.54) is 0 Å². The van der Waals surface area contributed by atoms with E-state index in [2.05, 4.69) is 25.9 Å². The molecule has 0 spiro atoms. The van der Waals surface area contributed by atoms with E-state index in [9.17, 15) is 4.79 Å². The molecule has 1 aromatic carbocycles. The first-order chi connectivity index (χ1) is 13.2. The zero-order chi connectivity index (χ0) is 18.9. The van der Waals surface area contributed by atoms with E-state index in [4.69, 9.17) is 8.83 Å². The van der Waals surface area contributed by atoms with Crippen LogP contribution in [0.1, 0.15) is 11.5 Å². The number of carbonyl (C=O) groups excluding carboxylic acids is 1. The molecule has 27 heavy (non-hydrogen) atoms. The zero-order valence-electron chi connectivity index (χ0n) is 14.9. The van der Waals surface area contributed by atoms with Crippen LogP contribution < -0.4 is 16.0 Å². The molecule has 0 unspecified atom stereocenters. The summed E-state index contributed by atoms with van der Waals surface area (Å²) in [5.41, 5.74) is 1.65. The fourth-order valence-electron chi connectivity index (χ4n) is 2.32. The lowest BCUT2D eigenvalue weighted by molar-refractivity contribution is -0.120. The molecule has 1 amide bonds. The molecule has 0 fully saturated rings. The number of furan rings is 1. The van der Waals surface area contributed by atoms with Crippen molar-refractivity contribution >= 4 is 11.9 Å². The Balaban J connectivity index is 1.42. The quantitative estimate of drug-likeness (QED) is 0.435. The first kappa shape index (κ1) is 18.2. The van der Waals surface area contributed by atoms with Gasteiger partial charge in [-0.05, 0) is 24.3 Å². The highest BCUT2D eigenvalue weighted by molar-refractivity contribution is 5.86. The van der Waals surface area contributed by atoms with Gasteiger partial charge in [-0.2, -0.15) is 0 Å². The molecular formula is C19H21N5O3. The van der Waals surface area contributed by atoms with Gasteiger partial charge in [-0.1, -0.05) is 18.2 Å². The van der Waals surface area contributed by atoms with Crippen LogP contribution in [-0.4, -0.2) is 30.4 Å². The number of oxazole rings is 1. The molecule has 0 radical (unpaired) electrons. The third-order valence-electron chi connectivity index (χ3n) is 3.69. The Labute approximate surface area is 156 Å². The lowest BCUT2D eigenvalue weighted by Gasteiger charge is -2.10. The number of nitrogens with one attached hydrogen (secondary N) is 3. The van der Waals surface area contributed by atoms with Crippen molar-refractivity contribution in [2.24, 2.45) is 4.99 Å². The maximum Gasteiger partial charge on any atom is 0.239 e. The van der Waals surface area contributed by atoms with Gasteiger partial charge in [0.2, 0.25) is 11.8 Å². The molecule has 8 nitrogen and oxygen atoms in total. The standard InChI is InChI=1S/C19H21N5O3/c1-20-19(23-12-17(25)21-11-16-8-5-9-26-16)22-10-15-13-27-18(24-15)14-6-3-2-4-7-14/h2-9,13H,10-12H2,1H3,(H,21,25)(H2,20,22,23). The average molecular weight is 367 g/mol. The van der Waals surface area contributed by atoms with Gasteiger partial charge in [0.25, 0.3) is 0 Å². The summed E-state index contributed by atoms with van der Waals surface area (Å²) in [6, 6.07) is 13.2. The van der Waals surface area contributed by atoms with Gasteiger partial charge >= 0.3 is 0 Å². The summed E-state index contributed by atoms with van der Waals surface area (Å²) in [7, 11) is 1.63. The molecule has 140 valence electrons. The monoisotopic (exact) mass is 367 g/mol. The maximum absolute atomic E-state index is 11.9. The molecule has 0 bridgehead atoms. The second kappa shape index (κ2) is 9.23. The number of guanidine groups is 1. The lowest BCUT2D eigenvalue weighted by atomic mass is 10.2. The summed E-state index contributed by atoms with van der Waals surface area (Å²) >= 11 is 0. The summed E-state index contributed by atoms with van der Waals surface area (Å²) < 4.78 is 10.7. The molecule has 0 saturated heterocycles. The molecule has 8 heteroatoms. The van der Waals surface area contributed by atoms with Crippen LogP contribution in [0.2, 0.25) is 0 Å². The molecule has 0 aliphatic rings. The number of hydrogen-bond acceptors (Lipinski definition) is 5. The molecule has 0 aliphatic heterocycles. The molecule has 2 aromatic heterocycles. The third-order valence-corrected chi connectivity index (χ3v) is 3.69. The maximum atomic E-state index is 11.9. The number of rotatable bonds is 7. The minimum Gasteiger partial charge on any atom is -0.467 e. The highest BCUT2D eigenvalue weighted by Crippen LogP contribution is 2.17. The normalized spacial score (nSPS) is 11.2. The minimum absolute atomic E-state index is 0.0917. The van der Waals surface area contributed by atoms with Gasteiger partial charge in [0.1, 0.15) is 12.0 Å². The predicted octanol–water partition coefficient (Wildman–Crippen LogP) is 1.92. The molecule has 3 aromatic rings. The largest absolute Gasteiger partial charge is 0.467 e. The van der Waals surface area contributed by atoms with Crippen molar-refractivity contribution in [2.75, 3.05) is 13.6 Å². The number of benzene rings is 1. The third kappa shape index (κ3) is 5.46. The molecule has 0 atom stereocenters. The van der Waals surface area contributed by atoms with E-state index in [0.717, 1.165) is 11.3 Å². The highest BCUT2D eigenvalue weighted by atomic mass is 16.3. The van der Waals surface area contributed by atoms with Crippen LogP contribution in [0.25, 0.3) is 11.5 Å². The molecule has 2 heterocycles. The predicted molar refractivity (Wildman–Crippen MR) is 101 cm³/mol. The Hall–Kier alpha value is -3.55. The first-order valence-corrected chi connectivity index (χ1v) is 8.48. The summed E-state index contributed by atoms with van der Waals surface area (Å²) in [4.78, 5) is 20.4. The molecule has 3 rings (SSSR count). The van der Waals surface area contributed by atoms with Gasteiger partial charge < -0.3 is 24.8 Å². The van der Waals surface area contributed by atoms with Crippen molar-refractivity contribution in [2.45, 2.75) is 13.1 Å². The van der Waals surface area contributed by atoms with Crippen LogP contribution in [0.15, 0.2) is 68.8 Å². The number of nitrogens with zero attached hydrogens (tertiary/aromatic N) is 2. The van der Waals surface area contributed by atoms with E-state index in [1.54, 1.807) is 31.7 Å². The smallest absolute Gasteiger partial charge is 0.239 e. The topological polar surface area (TPSA) is 105 Å². The number of amides is 1. The van der Waals surface area contributed by atoms with Crippen molar-refractivity contribution in [3.63, 3.8) is 0 Å². The van der Waals surface area contributed by atoms with E-state index in [0.29, 0.717) is 30.7 Å². The Bertz CT molecular complexity index is 872. The Morgan fingerprint density at radius 3 is 2.63 bits per heavy atom. The fraction of sp³-hybridized carbons (Fsp3) is 0.211. The summed E-state index contributed by atoms with van der Waals surface area (Å²) in [5, 5.41) is 8.79. The lowest BCUT2D eigenvalue weighted by Crippen LogP contribution is -2.42. The fourth-order valence-corrected chi connectivity index (χ4v) is 2.32. The van der Waals surface area contributed by atoms with Crippen molar-refractivity contribution in [3.05, 3.63) is 66.4 Å². The second-order valence-corrected chi connectivity index (χ2v) is 5.65.